The van der Waals surface area contributed by atoms with Crippen LogP contribution in [0.5, 0.6) is 28.7 Å². The molecule has 17 rings (SSSR count). The van der Waals surface area contributed by atoms with Crippen LogP contribution in [0.1, 0.15) is 127 Å². The number of benzene rings is 8. The third kappa shape index (κ3) is 22.4. The Morgan fingerprint density at radius 2 is 0.696 bits per heavy atom. The van der Waals surface area contributed by atoms with Crippen LogP contribution in [-0.4, -0.2) is 235 Å². The highest BCUT2D eigenvalue weighted by molar-refractivity contribution is 6.32. The molecule has 3 fully saturated rings. The molecular formula is C96H104Cl5N9O15. The van der Waals surface area contributed by atoms with Crippen molar-refractivity contribution in [2.24, 2.45) is 0 Å². The number of amides is 3. The number of fused-ring (bicyclic) bond motifs is 9. The van der Waals surface area contributed by atoms with Crippen LogP contribution in [0.25, 0.3) is 32.7 Å². The molecule has 0 spiro atoms. The second kappa shape index (κ2) is 42.2. The Kier molecular flexibility index (Phi) is 30.4. The van der Waals surface area contributed by atoms with E-state index < -0.39 is 42.6 Å². The second-order valence-electron chi connectivity index (χ2n) is 32.5. The number of hydrogen-bond donors (Lipinski definition) is 9. The number of aliphatic hydroxyl groups is 6. The fourth-order valence-corrected chi connectivity index (χ4v) is 18.4. The molecule has 3 amide bonds. The Morgan fingerprint density at radius 3 is 1.02 bits per heavy atom. The number of nitrogens with zero attached hydrogens (tertiary/aromatic N) is 6. The number of piperidine rings is 3. The van der Waals surface area contributed by atoms with E-state index >= 15 is 0 Å². The normalized spacial score (nSPS) is 18.5. The summed E-state index contributed by atoms with van der Waals surface area (Å²) in [7, 11) is 0. The lowest BCUT2D eigenvalue weighted by Crippen LogP contribution is -2.42. The zero-order valence-electron chi connectivity index (χ0n) is 69.5. The number of ether oxygens (including phenoxy) is 6. The van der Waals surface area contributed by atoms with Crippen LogP contribution in [0.3, 0.4) is 0 Å². The minimum Gasteiger partial charge on any atom is -0.490 e. The lowest BCUT2D eigenvalue weighted by Gasteiger charge is -2.35. The van der Waals surface area contributed by atoms with Gasteiger partial charge in [-0.2, -0.15) is 0 Å². The number of hydrogen-bond acceptors (Lipinski definition) is 18. The number of carbonyl (C=O) groups excluding carboxylic acids is 3. The minimum atomic E-state index is -0.715. The summed E-state index contributed by atoms with van der Waals surface area (Å²) in [6.07, 6.45) is 5.44. The summed E-state index contributed by atoms with van der Waals surface area (Å²) < 4.78 is 35.9. The highest BCUT2D eigenvalue weighted by atomic mass is 35.5. The zero-order valence-corrected chi connectivity index (χ0v) is 73.2. The van der Waals surface area contributed by atoms with Crippen molar-refractivity contribution in [3.8, 4) is 40.6 Å². The summed E-state index contributed by atoms with van der Waals surface area (Å²) in [4.78, 5) is 62.9. The summed E-state index contributed by atoms with van der Waals surface area (Å²) in [5, 5.41) is 62.5. The Hall–Kier alpha value is -9.76. The second-order valence-corrected chi connectivity index (χ2v) is 34.7. The average Bonchev–Trinajstić information content (AvgIpc) is 1.62. The standard InChI is InChI=1S/C33H35Cl2N3O5.C32H33Cl2N3O5.C31H36ClN3O5/c34-22-3-8-26(9-4-22)43-33(41)38-18-14-28-29-19-23(35)5-10-30(29)36-31(28)32(38)21-1-6-25(7-2-21)42-27-12-16-37(17-13-27)15-11-24(40)20-39;33-21-3-8-25(9-4-21)42-32(40)37-16-13-27-28-17-22(34)5-10-29(28)35-30(27)31(37)20-1-6-24(7-2-20)41-26-11-14-36(15-12-26)18-23(39)19-38;1-2-3-18-39-31(38)35-17-13-26-27-19-22(32)6-9-28(27)33-29(26)30(35)21-4-7-24(8-5-21)40-25-11-15-34(16-12-25)14-10-23(37)20-36/h1-10,19,24,27,32,36,39-40H,11-18,20H2;1-10,17,23,26,31,35,38-39H,11-16,18-19H2;4-9,19,23,25,30,33,36-37H,10-18,20H2,1H3/t24-,32-;23-,31-;23-,30-/m000/s1. The Labute approximate surface area is 751 Å². The molecule has 6 aliphatic heterocycles. The van der Waals surface area contributed by atoms with Gasteiger partial charge in [0.2, 0.25) is 0 Å². The topological polar surface area (TPSA) is 295 Å². The number of halogens is 5. The van der Waals surface area contributed by atoms with Gasteiger partial charge in [-0.1, -0.05) is 100 Å². The number of aromatic nitrogens is 3. The van der Waals surface area contributed by atoms with Crippen LogP contribution in [0.4, 0.5) is 14.4 Å². The van der Waals surface area contributed by atoms with Crippen LogP contribution >= 0.6 is 58.0 Å². The van der Waals surface area contributed by atoms with Crippen LogP contribution in [0.2, 0.25) is 25.1 Å². The van der Waals surface area contributed by atoms with Crippen molar-refractivity contribution in [3.05, 3.63) is 252 Å². The van der Waals surface area contributed by atoms with Crippen molar-refractivity contribution < 1.29 is 73.4 Å². The van der Waals surface area contributed by atoms with Gasteiger partial charge in [-0.05, 0) is 250 Å². The number of aromatic amines is 3. The molecule has 6 aliphatic rings. The predicted molar refractivity (Wildman–Crippen MR) is 485 cm³/mol. The van der Waals surface area contributed by atoms with Crippen LogP contribution < -0.4 is 23.7 Å². The SMILES string of the molecule is CC#CCOC(=O)N1CCc2c([nH]c3ccc(Cl)cc23)[C@@H]1c1ccc(OC2CCN(CC[C@H](O)CO)CC2)cc1.O=C(Oc1ccc(Cl)cc1)N1CCc2c([nH]c3ccc(Cl)cc23)[C@@H]1c1ccc(OC2CCN(CC[C@H](O)CO)CC2)cc1.O=C(Oc1ccc(Cl)cc1)N1CCc2c([nH]c3ccc(Cl)cc23)[C@@H]1c1ccc(OC2CCN(C[C@H](O)CO)CC2)cc1. The number of β-amino-alcohol motifs (C(OH)–C–C–N with tert-alkyl or cyclic N) is 1. The molecular weight excluding hydrogens is 1700 g/mol. The van der Waals surface area contributed by atoms with Gasteiger partial charge in [0.1, 0.15) is 65.2 Å². The van der Waals surface area contributed by atoms with E-state index in [1.807, 2.05) is 127 Å². The Bertz CT molecular complexity index is 5530. The van der Waals surface area contributed by atoms with Gasteiger partial charge in [0, 0.05) is 153 Å². The van der Waals surface area contributed by atoms with E-state index in [0.29, 0.717) is 94.9 Å². The minimum absolute atomic E-state index is 0.0569. The van der Waals surface area contributed by atoms with Crippen molar-refractivity contribution in [2.75, 3.05) is 105 Å². The van der Waals surface area contributed by atoms with Crippen molar-refractivity contribution in [3.63, 3.8) is 0 Å². The van der Waals surface area contributed by atoms with Crippen LogP contribution in [0, 0.1) is 11.8 Å². The van der Waals surface area contributed by atoms with Gasteiger partial charge >= 0.3 is 18.3 Å². The van der Waals surface area contributed by atoms with Crippen molar-refractivity contribution in [1.29, 1.82) is 0 Å². The van der Waals surface area contributed by atoms with Gasteiger partial charge in [-0.15, -0.1) is 5.92 Å². The van der Waals surface area contributed by atoms with E-state index in [2.05, 4.69) is 41.5 Å². The first-order valence-corrected chi connectivity index (χ1v) is 44.7. The maximum absolute atomic E-state index is 13.6. The summed E-state index contributed by atoms with van der Waals surface area (Å²) >= 11 is 31.0. The first-order chi connectivity index (χ1) is 60.7. The maximum Gasteiger partial charge on any atom is 0.416 e. The predicted octanol–water partition coefficient (Wildman–Crippen LogP) is 16.5. The van der Waals surface area contributed by atoms with Crippen LogP contribution in [-0.2, 0) is 24.0 Å². The number of rotatable bonds is 23. The molecule has 125 heavy (non-hydrogen) atoms. The van der Waals surface area contributed by atoms with Gasteiger partial charge in [0.15, 0.2) is 6.61 Å². The summed E-state index contributed by atoms with van der Waals surface area (Å²) in [5.41, 5.74) is 12.1. The molecule has 3 aromatic heterocycles. The quantitative estimate of drug-likeness (QED) is 0.0269. The van der Waals surface area contributed by atoms with Gasteiger partial charge in [-0.3, -0.25) is 14.7 Å². The largest absolute Gasteiger partial charge is 0.490 e. The molecule has 658 valence electrons. The smallest absolute Gasteiger partial charge is 0.416 e. The van der Waals surface area contributed by atoms with E-state index in [1.165, 1.54) is 5.56 Å². The molecule has 24 nitrogen and oxygen atoms in total. The molecule has 0 aliphatic carbocycles. The van der Waals surface area contributed by atoms with Gasteiger partial charge < -0.3 is 88.7 Å². The van der Waals surface area contributed by atoms with Crippen molar-refractivity contribution in [2.45, 2.75) is 132 Å². The first-order valence-electron chi connectivity index (χ1n) is 42.8. The molecule has 9 N–H and O–H groups in total. The maximum atomic E-state index is 13.6. The monoisotopic (exact) mass is 1800 g/mol. The molecule has 0 unspecified atom stereocenters. The van der Waals surface area contributed by atoms with Crippen molar-refractivity contribution in [1.82, 2.24) is 44.4 Å². The third-order valence-corrected chi connectivity index (χ3v) is 25.4. The van der Waals surface area contributed by atoms with E-state index in [4.69, 9.17) is 102 Å². The van der Waals surface area contributed by atoms with Gasteiger partial charge in [-0.25, -0.2) is 14.4 Å². The third-order valence-electron chi connectivity index (χ3n) is 24.2. The van der Waals surface area contributed by atoms with E-state index in [-0.39, 0.29) is 56.8 Å². The molecule has 29 heteroatoms. The number of aliphatic hydroxyl groups excluding tert-OH is 6. The van der Waals surface area contributed by atoms with E-state index in [0.717, 1.165) is 186 Å². The summed E-state index contributed by atoms with van der Waals surface area (Å²) in [5.74, 6) is 8.77. The molecule has 0 saturated carbocycles. The molecule has 8 aromatic carbocycles. The number of carbonyl (C=O) groups is 3. The Morgan fingerprint density at radius 1 is 0.392 bits per heavy atom. The Balaban J connectivity index is 0.000000145. The average molecular weight is 1800 g/mol. The number of nitrogens with one attached hydrogen (secondary N) is 3. The molecule has 3 saturated heterocycles. The molecule has 11 aromatic rings. The zero-order chi connectivity index (χ0) is 87.2. The van der Waals surface area contributed by atoms with E-state index in [9.17, 15) is 29.7 Å². The lowest BCUT2D eigenvalue weighted by atomic mass is 9.92. The number of H-pyrrole nitrogens is 3. The van der Waals surface area contributed by atoms with Crippen LogP contribution in [0.15, 0.2) is 176 Å². The first kappa shape index (κ1) is 90.0. The molecule has 0 bridgehead atoms. The molecule has 9 heterocycles. The van der Waals surface area contributed by atoms with Gasteiger partial charge in [0.25, 0.3) is 0 Å². The highest BCUT2D eigenvalue weighted by Gasteiger charge is 2.40. The molecule has 6 atom stereocenters. The summed E-state index contributed by atoms with van der Waals surface area (Å²) in [6.45, 7) is 9.83. The lowest BCUT2D eigenvalue weighted by molar-refractivity contribution is 0.0346. The fraction of sp³-hybridized carbons (Fsp3) is 0.385. The number of likely N-dealkylation sites (tertiary alicyclic amines) is 3. The highest BCUT2D eigenvalue weighted by Crippen LogP contribution is 2.45. The van der Waals surface area contributed by atoms with E-state index in [1.54, 1.807) is 70.2 Å². The van der Waals surface area contributed by atoms with Crippen molar-refractivity contribution >= 4 is 109 Å². The molecule has 0 radical (unpaired) electrons. The fourth-order valence-electron chi connectivity index (χ4n) is 17.7. The van der Waals surface area contributed by atoms with Gasteiger partial charge in [0.05, 0.1) is 38.1 Å². The summed E-state index contributed by atoms with van der Waals surface area (Å²) in [6, 6.07) is 53.7.